The third kappa shape index (κ3) is 4.01. The number of benzene rings is 1. The number of fused-ring (bicyclic) bond motifs is 1. The zero-order valence-electron chi connectivity index (χ0n) is 20.0. The van der Waals surface area contributed by atoms with E-state index < -0.39 is 0 Å². The third-order valence-electron chi connectivity index (χ3n) is 7.99. The molecule has 9 heteroatoms. The molecule has 3 fully saturated rings. The molecule has 3 aromatic rings. The van der Waals surface area contributed by atoms with Crippen molar-refractivity contribution < 1.29 is 13.9 Å². The predicted molar refractivity (Wildman–Crippen MR) is 132 cm³/mol. The van der Waals surface area contributed by atoms with Gasteiger partial charge in [0.2, 0.25) is 0 Å². The number of piperazine rings is 1. The van der Waals surface area contributed by atoms with E-state index in [0.29, 0.717) is 12.6 Å². The second-order valence-electron chi connectivity index (χ2n) is 10.1. The summed E-state index contributed by atoms with van der Waals surface area (Å²) < 4.78 is 19.4. The second kappa shape index (κ2) is 8.78. The van der Waals surface area contributed by atoms with Gasteiger partial charge in [-0.2, -0.15) is 5.10 Å². The summed E-state index contributed by atoms with van der Waals surface area (Å²) in [4.78, 5) is 23.2. The van der Waals surface area contributed by atoms with Crippen LogP contribution in [-0.2, 0) is 4.74 Å². The van der Waals surface area contributed by atoms with E-state index in [-0.39, 0.29) is 17.3 Å². The van der Waals surface area contributed by atoms with Gasteiger partial charge in [0.25, 0.3) is 0 Å². The van der Waals surface area contributed by atoms with Crippen LogP contribution in [-0.4, -0.2) is 83.0 Å². The maximum absolute atomic E-state index is 14.3. The Morgan fingerprint density at radius 3 is 2.83 bits per heavy atom. The maximum atomic E-state index is 14.3. The van der Waals surface area contributed by atoms with Crippen molar-refractivity contribution in [1.29, 1.82) is 0 Å². The van der Waals surface area contributed by atoms with Crippen LogP contribution >= 0.6 is 0 Å². The Balaban J connectivity index is 1.13. The number of pyridine rings is 1. The monoisotopic (exact) mass is 478 g/mol. The lowest BCUT2D eigenvalue weighted by molar-refractivity contribution is -0.00294. The highest BCUT2D eigenvalue weighted by atomic mass is 19.1. The van der Waals surface area contributed by atoms with E-state index in [1.54, 1.807) is 12.3 Å². The second-order valence-corrected chi connectivity index (χ2v) is 10.1. The average molecular weight is 479 g/mol. The molecule has 3 aliphatic rings. The molecule has 2 aromatic heterocycles. The van der Waals surface area contributed by atoms with Crippen LogP contribution in [0.5, 0.6) is 0 Å². The SMILES string of the molecule is CCOC(=O)N1CC2(CC[C@@H](N3CCN(c4ncc(F)cc4-c4cccc5cn[nH]c45)CC3)C2)C1. The van der Waals surface area contributed by atoms with Crippen molar-refractivity contribution in [3.05, 3.63) is 42.5 Å². The van der Waals surface area contributed by atoms with Crippen LogP contribution in [0.15, 0.2) is 36.7 Å². The molecule has 184 valence electrons. The number of carbonyl (C=O) groups is 1. The molecular weight excluding hydrogens is 447 g/mol. The van der Waals surface area contributed by atoms with Gasteiger partial charge in [-0.3, -0.25) is 10.00 Å². The number of rotatable bonds is 4. The van der Waals surface area contributed by atoms with Gasteiger partial charge in [-0.25, -0.2) is 14.2 Å². The number of anilines is 1. The summed E-state index contributed by atoms with van der Waals surface area (Å²) >= 11 is 0. The lowest BCUT2D eigenvalue weighted by Gasteiger charge is -2.48. The zero-order chi connectivity index (χ0) is 24.0. The van der Waals surface area contributed by atoms with Crippen LogP contribution in [0, 0.1) is 11.2 Å². The van der Waals surface area contributed by atoms with Gasteiger partial charge in [0, 0.05) is 67.2 Å². The predicted octanol–water partition coefficient (Wildman–Crippen LogP) is 3.90. The van der Waals surface area contributed by atoms with Crippen molar-refractivity contribution in [3.8, 4) is 11.1 Å². The minimum atomic E-state index is -0.340. The zero-order valence-corrected chi connectivity index (χ0v) is 20.0. The summed E-state index contributed by atoms with van der Waals surface area (Å²) in [6.45, 7) is 7.53. The van der Waals surface area contributed by atoms with Crippen LogP contribution < -0.4 is 4.90 Å². The minimum Gasteiger partial charge on any atom is -0.450 e. The Morgan fingerprint density at radius 2 is 2.03 bits per heavy atom. The molecule has 8 nitrogen and oxygen atoms in total. The van der Waals surface area contributed by atoms with Gasteiger partial charge in [0.15, 0.2) is 0 Å². The number of likely N-dealkylation sites (tertiary alicyclic amines) is 1. The number of aromatic amines is 1. The maximum Gasteiger partial charge on any atom is 0.409 e. The topological polar surface area (TPSA) is 77.6 Å². The molecule has 0 bridgehead atoms. The fourth-order valence-corrected chi connectivity index (χ4v) is 6.26. The first-order chi connectivity index (χ1) is 17.0. The molecule has 2 aliphatic heterocycles. The van der Waals surface area contributed by atoms with Gasteiger partial charge < -0.3 is 14.5 Å². The number of amides is 1. The number of nitrogens with one attached hydrogen (secondary N) is 1. The highest BCUT2D eigenvalue weighted by molar-refractivity contribution is 5.96. The molecule has 1 aromatic carbocycles. The normalized spacial score (nSPS) is 22.1. The van der Waals surface area contributed by atoms with Gasteiger partial charge in [-0.1, -0.05) is 18.2 Å². The summed E-state index contributed by atoms with van der Waals surface area (Å²) in [5.41, 5.74) is 2.87. The summed E-state index contributed by atoms with van der Waals surface area (Å²) in [7, 11) is 0. The molecular formula is C26H31FN6O2. The minimum absolute atomic E-state index is 0.177. The number of para-hydroxylation sites is 1. The van der Waals surface area contributed by atoms with Crippen LogP contribution in [0.2, 0.25) is 0 Å². The number of hydrogen-bond acceptors (Lipinski definition) is 6. The smallest absolute Gasteiger partial charge is 0.409 e. The van der Waals surface area contributed by atoms with Crippen LogP contribution in [0.3, 0.4) is 0 Å². The lowest BCUT2D eigenvalue weighted by Crippen LogP contribution is -2.58. The quantitative estimate of drug-likeness (QED) is 0.613. The van der Waals surface area contributed by atoms with Gasteiger partial charge in [0.05, 0.1) is 24.5 Å². The van der Waals surface area contributed by atoms with E-state index in [0.717, 1.165) is 73.5 Å². The number of H-pyrrole nitrogens is 1. The van der Waals surface area contributed by atoms with Gasteiger partial charge in [-0.15, -0.1) is 0 Å². The Kier molecular flexibility index (Phi) is 5.59. The van der Waals surface area contributed by atoms with E-state index in [2.05, 4.69) is 25.0 Å². The number of nitrogens with zero attached hydrogens (tertiary/aromatic N) is 5. The summed E-state index contributed by atoms with van der Waals surface area (Å²) in [6.07, 6.45) is 6.41. The van der Waals surface area contributed by atoms with Gasteiger partial charge >= 0.3 is 6.09 Å². The molecule has 1 amide bonds. The van der Waals surface area contributed by atoms with Crippen molar-refractivity contribution in [3.63, 3.8) is 0 Å². The lowest BCUT2D eigenvalue weighted by atomic mass is 9.78. The average Bonchev–Trinajstić information content (AvgIpc) is 3.51. The van der Waals surface area contributed by atoms with Crippen molar-refractivity contribution in [2.75, 3.05) is 50.8 Å². The Hall–Kier alpha value is -3.20. The van der Waals surface area contributed by atoms with Crippen LogP contribution in [0.4, 0.5) is 15.0 Å². The number of hydrogen-bond donors (Lipinski definition) is 1. The molecule has 1 saturated carbocycles. The Labute approximate surface area is 204 Å². The van der Waals surface area contributed by atoms with E-state index in [4.69, 9.17) is 4.74 Å². The van der Waals surface area contributed by atoms with E-state index in [1.807, 2.05) is 30.0 Å². The fourth-order valence-electron chi connectivity index (χ4n) is 6.26. The van der Waals surface area contributed by atoms with E-state index >= 15 is 0 Å². The molecule has 35 heavy (non-hydrogen) atoms. The van der Waals surface area contributed by atoms with E-state index in [9.17, 15) is 9.18 Å². The molecule has 6 rings (SSSR count). The Bertz CT molecular complexity index is 1230. The van der Waals surface area contributed by atoms with Gasteiger partial charge in [0.1, 0.15) is 11.6 Å². The number of carbonyl (C=O) groups excluding carboxylic acids is 1. The molecule has 2 saturated heterocycles. The fraction of sp³-hybridized carbons (Fsp3) is 0.500. The Morgan fingerprint density at radius 1 is 1.20 bits per heavy atom. The number of halogens is 1. The van der Waals surface area contributed by atoms with Crippen LogP contribution in [0.1, 0.15) is 26.2 Å². The first-order valence-corrected chi connectivity index (χ1v) is 12.5. The summed E-state index contributed by atoms with van der Waals surface area (Å²) in [5, 5.41) is 8.22. The molecule has 1 spiro atoms. The molecule has 1 atom stereocenters. The largest absolute Gasteiger partial charge is 0.450 e. The molecule has 4 heterocycles. The number of aromatic nitrogens is 3. The molecule has 0 unspecified atom stereocenters. The highest BCUT2D eigenvalue weighted by Crippen LogP contribution is 2.47. The van der Waals surface area contributed by atoms with E-state index in [1.165, 1.54) is 19.0 Å². The number of ether oxygens (including phenoxy) is 1. The van der Waals surface area contributed by atoms with Crippen molar-refractivity contribution in [1.82, 2.24) is 25.0 Å². The summed E-state index contributed by atoms with van der Waals surface area (Å²) in [5.74, 6) is 0.479. The van der Waals surface area contributed by atoms with Crippen molar-refractivity contribution in [2.45, 2.75) is 32.2 Å². The standard InChI is InChI=1S/C26H31FN6O2/c1-2-35-25(34)33-16-26(17-33)7-6-20(13-26)31-8-10-32(11-9-31)24-22(12-19(27)15-28-24)21-5-3-4-18-14-29-30-23(18)21/h3-5,12,14-15,20H,2,6-11,13,16-17H2,1H3,(H,29,30)/t20-/m1/s1. The molecule has 1 aliphatic carbocycles. The van der Waals surface area contributed by atoms with Crippen molar-refractivity contribution >= 4 is 22.8 Å². The first kappa shape index (κ1) is 22.3. The first-order valence-electron chi connectivity index (χ1n) is 12.5. The van der Waals surface area contributed by atoms with Crippen LogP contribution in [0.25, 0.3) is 22.0 Å². The highest BCUT2D eigenvalue weighted by Gasteiger charge is 2.51. The third-order valence-corrected chi connectivity index (χ3v) is 7.99. The molecule has 0 radical (unpaired) electrons. The summed E-state index contributed by atoms with van der Waals surface area (Å²) in [6, 6.07) is 8.10. The van der Waals surface area contributed by atoms with Gasteiger partial charge in [-0.05, 0) is 32.3 Å². The van der Waals surface area contributed by atoms with Crippen molar-refractivity contribution in [2.24, 2.45) is 5.41 Å². The molecule has 1 N–H and O–H groups in total.